The van der Waals surface area contributed by atoms with Gasteiger partial charge < -0.3 is 4.42 Å². The number of fused-ring (bicyclic) bond motifs is 1. The second kappa shape index (κ2) is 7.40. The molecular formula is C22H13Cl2N3O2S. The average molecular weight is 454 g/mol. The Balaban J connectivity index is 1.52. The molecule has 0 N–H and O–H groups in total. The van der Waals surface area contributed by atoms with Gasteiger partial charge in [0.05, 0.1) is 10.0 Å². The Morgan fingerprint density at radius 3 is 2.67 bits per heavy atom. The van der Waals surface area contributed by atoms with E-state index in [2.05, 4.69) is 10.1 Å². The molecule has 5 aromatic rings. The van der Waals surface area contributed by atoms with Gasteiger partial charge in [0, 0.05) is 17.2 Å². The van der Waals surface area contributed by atoms with Crippen molar-refractivity contribution in [2.75, 3.05) is 0 Å². The Morgan fingerprint density at radius 1 is 1.07 bits per heavy atom. The smallest absolute Gasteiger partial charge is 0.291 e. The lowest BCUT2D eigenvalue weighted by molar-refractivity contribution is 0.571. The van der Waals surface area contributed by atoms with E-state index in [4.69, 9.17) is 27.6 Å². The highest BCUT2D eigenvalue weighted by Gasteiger charge is 2.14. The zero-order valence-electron chi connectivity index (χ0n) is 15.6. The second-order valence-electron chi connectivity index (χ2n) is 6.69. The summed E-state index contributed by atoms with van der Waals surface area (Å²) in [6.07, 6.45) is 1.69. The summed E-state index contributed by atoms with van der Waals surface area (Å²) in [4.78, 5) is 17.9. The molecule has 5 rings (SSSR count). The Labute approximate surface area is 184 Å². The van der Waals surface area contributed by atoms with Crippen LogP contribution in [0.1, 0.15) is 11.3 Å². The normalized spacial score (nSPS) is 12.2. The molecular weight excluding hydrogens is 441 g/mol. The van der Waals surface area contributed by atoms with Gasteiger partial charge in [-0.1, -0.05) is 58.8 Å². The highest BCUT2D eigenvalue weighted by atomic mass is 35.5. The summed E-state index contributed by atoms with van der Waals surface area (Å²) >= 11 is 13.3. The molecule has 3 heterocycles. The van der Waals surface area contributed by atoms with Crippen LogP contribution in [0, 0.1) is 6.92 Å². The standard InChI is InChI=1S/C22H13Cl2N3O2S/c1-12-4-2-3-5-15(12)20-25-22-27(26-20)21(28)19(30-22)11-14-7-9-18(29-14)13-6-8-16(23)17(24)10-13/h2-11H,1H3/b19-11-. The van der Waals surface area contributed by atoms with E-state index in [1.165, 1.54) is 15.9 Å². The summed E-state index contributed by atoms with van der Waals surface area (Å²) in [5.41, 5.74) is 2.54. The number of benzene rings is 2. The van der Waals surface area contributed by atoms with Crippen molar-refractivity contribution in [1.29, 1.82) is 0 Å². The van der Waals surface area contributed by atoms with E-state index in [1.54, 1.807) is 24.3 Å². The number of aromatic nitrogens is 3. The van der Waals surface area contributed by atoms with Crippen molar-refractivity contribution in [1.82, 2.24) is 14.6 Å². The van der Waals surface area contributed by atoms with Crippen molar-refractivity contribution in [2.24, 2.45) is 0 Å². The Hall–Kier alpha value is -2.93. The lowest BCUT2D eigenvalue weighted by Gasteiger charge is -1.99. The number of halogens is 2. The summed E-state index contributed by atoms with van der Waals surface area (Å²) in [5.74, 6) is 1.73. The first-order valence-electron chi connectivity index (χ1n) is 9.02. The summed E-state index contributed by atoms with van der Waals surface area (Å²) in [6.45, 7) is 1.99. The fourth-order valence-electron chi connectivity index (χ4n) is 3.14. The van der Waals surface area contributed by atoms with Crippen LogP contribution in [0.4, 0.5) is 0 Å². The van der Waals surface area contributed by atoms with Crippen LogP contribution in [-0.2, 0) is 0 Å². The topological polar surface area (TPSA) is 60.4 Å². The van der Waals surface area contributed by atoms with Gasteiger partial charge in [-0.3, -0.25) is 4.79 Å². The zero-order chi connectivity index (χ0) is 20.8. The Kier molecular flexibility index (Phi) is 4.70. The molecule has 0 saturated heterocycles. The molecule has 0 spiro atoms. The maximum absolute atomic E-state index is 12.8. The molecule has 30 heavy (non-hydrogen) atoms. The predicted octanol–water partition coefficient (Wildman–Crippen LogP) is 5.24. The van der Waals surface area contributed by atoms with E-state index in [0.29, 0.717) is 36.9 Å². The monoisotopic (exact) mass is 453 g/mol. The molecule has 5 nitrogen and oxygen atoms in total. The second-order valence-corrected chi connectivity index (χ2v) is 8.51. The molecule has 0 fully saturated rings. The number of rotatable bonds is 3. The minimum absolute atomic E-state index is 0.227. The molecule has 0 amide bonds. The van der Waals surface area contributed by atoms with E-state index in [0.717, 1.165) is 16.7 Å². The van der Waals surface area contributed by atoms with Crippen molar-refractivity contribution in [3.63, 3.8) is 0 Å². The van der Waals surface area contributed by atoms with Crippen molar-refractivity contribution in [3.05, 3.63) is 90.9 Å². The Bertz CT molecular complexity index is 1520. The van der Waals surface area contributed by atoms with Gasteiger partial charge in [0.2, 0.25) is 4.96 Å². The highest BCUT2D eigenvalue weighted by Crippen LogP contribution is 2.29. The number of aryl methyl sites for hydroxylation is 1. The van der Waals surface area contributed by atoms with Crippen LogP contribution in [0.5, 0.6) is 0 Å². The van der Waals surface area contributed by atoms with Crippen LogP contribution in [0.2, 0.25) is 10.0 Å². The third kappa shape index (κ3) is 3.33. The van der Waals surface area contributed by atoms with E-state index >= 15 is 0 Å². The fraction of sp³-hybridized carbons (Fsp3) is 0.0455. The first-order chi connectivity index (χ1) is 14.5. The third-order valence-corrected chi connectivity index (χ3v) is 6.37. The number of furan rings is 1. The van der Waals surface area contributed by atoms with E-state index < -0.39 is 0 Å². The molecule has 148 valence electrons. The number of hydrogen-bond acceptors (Lipinski definition) is 5. The molecule has 0 bridgehead atoms. The van der Waals surface area contributed by atoms with Crippen molar-refractivity contribution in [3.8, 4) is 22.7 Å². The molecule has 0 aliphatic rings. The van der Waals surface area contributed by atoms with Gasteiger partial charge in [-0.25, -0.2) is 0 Å². The number of nitrogens with zero attached hydrogens (tertiary/aromatic N) is 3. The summed E-state index contributed by atoms with van der Waals surface area (Å²) in [7, 11) is 0. The molecule has 3 aromatic heterocycles. The fourth-order valence-corrected chi connectivity index (χ4v) is 4.32. The first-order valence-corrected chi connectivity index (χ1v) is 10.6. The maximum Gasteiger partial charge on any atom is 0.291 e. The van der Waals surface area contributed by atoms with Crippen LogP contribution in [0.3, 0.4) is 0 Å². The third-order valence-electron chi connectivity index (χ3n) is 4.67. The van der Waals surface area contributed by atoms with Gasteiger partial charge in [0.15, 0.2) is 5.82 Å². The van der Waals surface area contributed by atoms with E-state index in [1.807, 2.05) is 43.3 Å². The van der Waals surface area contributed by atoms with Crippen molar-refractivity contribution >= 4 is 45.6 Å². The minimum Gasteiger partial charge on any atom is -0.457 e. The Morgan fingerprint density at radius 2 is 1.90 bits per heavy atom. The first kappa shape index (κ1) is 19.1. The quantitative estimate of drug-likeness (QED) is 0.374. The largest absolute Gasteiger partial charge is 0.457 e. The molecule has 0 aliphatic carbocycles. The lowest BCUT2D eigenvalue weighted by atomic mass is 10.1. The van der Waals surface area contributed by atoms with Crippen molar-refractivity contribution < 1.29 is 4.42 Å². The summed E-state index contributed by atoms with van der Waals surface area (Å²) in [5, 5.41) is 5.33. The summed E-state index contributed by atoms with van der Waals surface area (Å²) in [6, 6.07) is 16.7. The molecule has 0 saturated carbocycles. The average Bonchev–Trinajstić information content (AvgIpc) is 3.42. The number of hydrogen-bond donors (Lipinski definition) is 0. The molecule has 0 radical (unpaired) electrons. The van der Waals surface area contributed by atoms with Gasteiger partial charge >= 0.3 is 0 Å². The molecule has 8 heteroatoms. The highest BCUT2D eigenvalue weighted by molar-refractivity contribution is 7.15. The molecule has 0 unspecified atom stereocenters. The maximum atomic E-state index is 12.8. The zero-order valence-corrected chi connectivity index (χ0v) is 17.9. The molecule has 2 aromatic carbocycles. The van der Waals surface area contributed by atoms with Crippen LogP contribution >= 0.6 is 34.5 Å². The number of thiazole rings is 1. The molecule has 0 atom stereocenters. The molecule has 0 aliphatic heterocycles. The van der Waals surface area contributed by atoms with Gasteiger partial charge in [0.25, 0.3) is 5.56 Å². The van der Waals surface area contributed by atoms with Gasteiger partial charge in [-0.15, -0.1) is 5.10 Å². The minimum atomic E-state index is -0.227. The van der Waals surface area contributed by atoms with Gasteiger partial charge in [0.1, 0.15) is 16.1 Å². The van der Waals surface area contributed by atoms with Crippen LogP contribution < -0.4 is 10.1 Å². The summed E-state index contributed by atoms with van der Waals surface area (Å²) < 4.78 is 7.70. The van der Waals surface area contributed by atoms with Gasteiger partial charge in [-0.05, 0) is 42.8 Å². The van der Waals surface area contributed by atoms with Crippen molar-refractivity contribution in [2.45, 2.75) is 6.92 Å². The van der Waals surface area contributed by atoms with Crippen LogP contribution in [0.15, 0.2) is 63.8 Å². The van der Waals surface area contributed by atoms with Crippen LogP contribution in [0.25, 0.3) is 33.7 Å². The van der Waals surface area contributed by atoms with E-state index in [-0.39, 0.29) is 5.56 Å². The SMILES string of the molecule is Cc1ccccc1-c1nc2s/c(=C\c3ccc(-c4ccc(Cl)c(Cl)c4)o3)c(=O)n2n1. The van der Waals surface area contributed by atoms with E-state index in [9.17, 15) is 4.79 Å². The van der Waals surface area contributed by atoms with Crippen LogP contribution in [-0.4, -0.2) is 14.6 Å². The predicted molar refractivity (Wildman–Crippen MR) is 120 cm³/mol. The van der Waals surface area contributed by atoms with Gasteiger partial charge in [-0.2, -0.15) is 9.50 Å². The lowest BCUT2D eigenvalue weighted by Crippen LogP contribution is -2.23.